The van der Waals surface area contributed by atoms with E-state index in [1.165, 1.54) is 5.56 Å². The Balaban J connectivity index is 1.89. The molecular formula is C16H18ClNO. The maximum absolute atomic E-state index is 6.11. The first kappa shape index (κ1) is 13.9. The number of nitrogens with one attached hydrogen (secondary N) is 1. The van der Waals surface area contributed by atoms with Crippen LogP contribution in [0.4, 0.5) is 0 Å². The molecule has 0 amide bonds. The van der Waals surface area contributed by atoms with Crippen molar-refractivity contribution in [3.63, 3.8) is 0 Å². The van der Waals surface area contributed by atoms with Gasteiger partial charge in [-0.05, 0) is 36.2 Å². The van der Waals surface area contributed by atoms with Gasteiger partial charge in [-0.25, -0.2) is 0 Å². The molecule has 0 saturated carbocycles. The molecule has 2 rings (SSSR count). The molecule has 0 saturated heterocycles. The van der Waals surface area contributed by atoms with Crippen molar-refractivity contribution in [3.8, 4) is 5.75 Å². The van der Waals surface area contributed by atoms with Crippen molar-refractivity contribution in [2.45, 2.75) is 20.0 Å². The Morgan fingerprint density at radius 1 is 1.05 bits per heavy atom. The lowest BCUT2D eigenvalue weighted by Crippen LogP contribution is -2.13. The Labute approximate surface area is 119 Å². The molecule has 19 heavy (non-hydrogen) atoms. The van der Waals surface area contributed by atoms with Crippen LogP contribution in [-0.4, -0.2) is 6.61 Å². The smallest absolute Gasteiger partial charge is 0.119 e. The number of benzene rings is 2. The second-order valence-corrected chi connectivity index (χ2v) is 4.68. The molecule has 2 aromatic carbocycles. The number of hydrogen-bond donors (Lipinski definition) is 1. The third-order valence-corrected chi connectivity index (χ3v) is 3.18. The Hall–Kier alpha value is -1.51. The standard InChI is InChI=1S/C16H18ClNO/c1-2-19-15-8-5-6-13(10-15)11-18-12-14-7-3-4-9-16(14)17/h3-10,18H,2,11-12H2,1H3. The third kappa shape index (κ3) is 4.27. The molecule has 2 aromatic rings. The van der Waals surface area contributed by atoms with Crippen molar-refractivity contribution in [1.29, 1.82) is 0 Å². The van der Waals surface area contributed by atoms with Crippen LogP contribution < -0.4 is 10.1 Å². The van der Waals surface area contributed by atoms with E-state index >= 15 is 0 Å². The van der Waals surface area contributed by atoms with Crippen molar-refractivity contribution in [2.24, 2.45) is 0 Å². The number of rotatable bonds is 6. The van der Waals surface area contributed by atoms with Gasteiger partial charge in [0.1, 0.15) is 5.75 Å². The van der Waals surface area contributed by atoms with Crippen LogP contribution in [0.25, 0.3) is 0 Å². The zero-order chi connectivity index (χ0) is 13.5. The molecule has 0 heterocycles. The molecule has 0 atom stereocenters. The summed E-state index contributed by atoms with van der Waals surface area (Å²) in [5.41, 5.74) is 2.32. The third-order valence-electron chi connectivity index (χ3n) is 2.81. The maximum atomic E-state index is 6.11. The highest BCUT2D eigenvalue weighted by Gasteiger charge is 1.99. The van der Waals surface area contributed by atoms with Crippen molar-refractivity contribution in [3.05, 3.63) is 64.7 Å². The van der Waals surface area contributed by atoms with Gasteiger partial charge in [-0.3, -0.25) is 0 Å². The van der Waals surface area contributed by atoms with Crippen molar-refractivity contribution < 1.29 is 4.74 Å². The summed E-state index contributed by atoms with van der Waals surface area (Å²) in [5, 5.41) is 4.19. The molecule has 1 N–H and O–H groups in total. The first-order valence-corrected chi connectivity index (χ1v) is 6.83. The maximum Gasteiger partial charge on any atom is 0.119 e. The van der Waals surface area contributed by atoms with E-state index in [4.69, 9.17) is 16.3 Å². The van der Waals surface area contributed by atoms with Crippen molar-refractivity contribution in [2.75, 3.05) is 6.61 Å². The minimum Gasteiger partial charge on any atom is -0.494 e. The molecular weight excluding hydrogens is 258 g/mol. The van der Waals surface area contributed by atoms with Gasteiger partial charge in [0.05, 0.1) is 6.61 Å². The van der Waals surface area contributed by atoms with Gasteiger partial charge in [-0.2, -0.15) is 0 Å². The van der Waals surface area contributed by atoms with Crippen LogP contribution in [0, 0.1) is 0 Å². The van der Waals surface area contributed by atoms with E-state index in [9.17, 15) is 0 Å². The molecule has 0 unspecified atom stereocenters. The van der Waals surface area contributed by atoms with Gasteiger partial charge in [-0.15, -0.1) is 0 Å². The predicted molar refractivity (Wildman–Crippen MR) is 79.6 cm³/mol. The summed E-state index contributed by atoms with van der Waals surface area (Å²) in [7, 11) is 0. The van der Waals surface area contributed by atoms with Gasteiger partial charge in [0.2, 0.25) is 0 Å². The summed E-state index contributed by atoms with van der Waals surface area (Å²) in [5.74, 6) is 0.916. The van der Waals surface area contributed by atoms with E-state index < -0.39 is 0 Å². The van der Waals surface area contributed by atoms with Crippen LogP contribution in [0.3, 0.4) is 0 Å². The molecule has 0 bridgehead atoms. The highest BCUT2D eigenvalue weighted by Crippen LogP contribution is 2.16. The van der Waals surface area contributed by atoms with E-state index in [0.717, 1.165) is 29.4 Å². The second-order valence-electron chi connectivity index (χ2n) is 4.28. The largest absolute Gasteiger partial charge is 0.494 e. The Morgan fingerprint density at radius 2 is 1.89 bits per heavy atom. The summed E-state index contributed by atoms with van der Waals surface area (Å²) >= 11 is 6.11. The molecule has 0 aliphatic rings. The topological polar surface area (TPSA) is 21.3 Å². The number of hydrogen-bond acceptors (Lipinski definition) is 2. The van der Waals surface area contributed by atoms with E-state index in [2.05, 4.69) is 17.4 Å². The molecule has 100 valence electrons. The Morgan fingerprint density at radius 3 is 2.68 bits per heavy atom. The van der Waals surface area contributed by atoms with Gasteiger partial charge in [-0.1, -0.05) is 41.9 Å². The molecule has 0 radical (unpaired) electrons. The highest BCUT2D eigenvalue weighted by molar-refractivity contribution is 6.31. The van der Waals surface area contributed by atoms with Crippen LogP contribution in [0.2, 0.25) is 5.02 Å². The summed E-state index contributed by atoms with van der Waals surface area (Å²) < 4.78 is 5.48. The van der Waals surface area contributed by atoms with Gasteiger partial charge in [0, 0.05) is 18.1 Å². The monoisotopic (exact) mass is 275 g/mol. The quantitative estimate of drug-likeness (QED) is 0.859. The molecule has 0 aromatic heterocycles. The van der Waals surface area contributed by atoms with Crippen LogP contribution in [0.15, 0.2) is 48.5 Å². The molecule has 0 aliphatic heterocycles. The molecule has 0 aliphatic carbocycles. The van der Waals surface area contributed by atoms with Crippen LogP contribution in [0.1, 0.15) is 18.1 Å². The fourth-order valence-electron chi connectivity index (χ4n) is 1.90. The summed E-state index contributed by atoms with van der Waals surface area (Å²) in [6.45, 7) is 4.24. The van der Waals surface area contributed by atoms with E-state index in [1.54, 1.807) is 0 Å². The van der Waals surface area contributed by atoms with Crippen molar-refractivity contribution >= 4 is 11.6 Å². The lowest BCUT2D eigenvalue weighted by Gasteiger charge is -2.08. The first-order valence-electron chi connectivity index (χ1n) is 6.45. The molecule has 3 heteroatoms. The number of halogens is 1. The van der Waals surface area contributed by atoms with Crippen LogP contribution in [-0.2, 0) is 13.1 Å². The number of ether oxygens (including phenoxy) is 1. The van der Waals surface area contributed by atoms with Crippen molar-refractivity contribution in [1.82, 2.24) is 5.32 Å². The van der Waals surface area contributed by atoms with E-state index in [-0.39, 0.29) is 0 Å². The fraction of sp³-hybridized carbons (Fsp3) is 0.250. The highest BCUT2D eigenvalue weighted by atomic mass is 35.5. The lowest BCUT2D eigenvalue weighted by molar-refractivity contribution is 0.340. The van der Waals surface area contributed by atoms with Crippen LogP contribution in [0.5, 0.6) is 5.75 Å². The van der Waals surface area contributed by atoms with Gasteiger partial charge >= 0.3 is 0 Å². The SMILES string of the molecule is CCOc1cccc(CNCc2ccccc2Cl)c1. The van der Waals surface area contributed by atoms with Gasteiger partial charge in [0.25, 0.3) is 0 Å². The second kappa shape index (κ2) is 7.17. The molecule has 2 nitrogen and oxygen atoms in total. The van der Waals surface area contributed by atoms with E-state index in [0.29, 0.717) is 6.61 Å². The average Bonchev–Trinajstić information content (AvgIpc) is 2.42. The minimum atomic E-state index is 0.691. The Kier molecular flexibility index (Phi) is 5.25. The van der Waals surface area contributed by atoms with Gasteiger partial charge in [0.15, 0.2) is 0 Å². The Bertz CT molecular complexity index is 528. The normalized spacial score (nSPS) is 10.4. The lowest BCUT2D eigenvalue weighted by atomic mass is 10.2. The first-order chi connectivity index (χ1) is 9.29. The predicted octanol–water partition coefficient (Wildman–Crippen LogP) is 4.03. The fourth-order valence-corrected chi connectivity index (χ4v) is 2.10. The minimum absolute atomic E-state index is 0.691. The average molecular weight is 276 g/mol. The van der Waals surface area contributed by atoms with E-state index in [1.807, 2.05) is 43.3 Å². The van der Waals surface area contributed by atoms with Crippen LogP contribution >= 0.6 is 11.6 Å². The summed E-state index contributed by atoms with van der Waals surface area (Å²) in [4.78, 5) is 0. The summed E-state index contributed by atoms with van der Waals surface area (Å²) in [6, 6.07) is 16.0. The molecule has 0 spiro atoms. The zero-order valence-corrected chi connectivity index (χ0v) is 11.8. The molecule has 0 fully saturated rings. The summed E-state index contributed by atoms with van der Waals surface area (Å²) in [6.07, 6.45) is 0. The van der Waals surface area contributed by atoms with Gasteiger partial charge < -0.3 is 10.1 Å². The zero-order valence-electron chi connectivity index (χ0n) is 11.0.